The van der Waals surface area contributed by atoms with Gasteiger partial charge in [-0.05, 0) is 30.6 Å². The zero-order valence-corrected chi connectivity index (χ0v) is 17.3. The second kappa shape index (κ2) is 14.4. The number of hydrogen-bond donors (Lipinski definition) is 2. The lowest BCUT2D eigenvalue weighted by Crippen LogP contribution is -2.42. The van der Waals surface area contributed by atoms with E-state index in [0.29, 0.717) is 6.42 Å². The number of thioether (sulfide) groups is 1. The fraction of sp³-hybridized carbons (Fsp3) is 0.619. The van der Waals surface area contributed by atoms with Crippen LogP contribution in [0, 0.1) is 0 Å². The Kier molecular flexibility index (Phi) is 12.4. The van der Waals surface area contributed by atoms with Gasteiger partial charge in [0.15, 0.2) is 0 Å². The van der Waals surface area contributed by atoms with E-state index in [-0.39, 0.29) is 5.25 Å². The van der Waals surface area contributed by atoms with Crippen molar-refractivity contribution in [3.05, 3.63) is 35.9 Å². The van der Waals surface area contributed by atoms with Crippen LogP contribution < -0.4 is 5.32 Å². The Bertz CT molecular complexity index is 538. The number of carbonyl (C=O) groups excluding carboxylic acids is 1. The molecule has 0 aromatic heterocycles. The molecule has 0 fully saturated rings. The van der Waals surface area contributed by atoms with Crippen molar-refractivity contribution in [2.24, 2.45) is 0 Å². The molecular formula is C21H33NO4S. The van der Waals surface area contributed by atoms with Crippen molar-refractivity contribution in [3.8, 4) is 0 Å². The van der Waals surface area contributed by atoms with E-state index in [2.05, 4.69) is 24.4 Å². The molecule has 0 saturated heterocycles. The smallest absolute Gasteiger partial charge is 0.405 e. The third kappa shape index (κ3) is 10.9. The van der Waals surface area contributed by atoms with Gasteiger partial charge in [-0.1, -0.05) is 69.4 Å². The van der Waals surface area contributed by atoms with E-state index < -0.39 is 18.1 Å². The van der Waals surface area contributed by atoms with E-state index in [1.807, 2.05) is 30.0 Å². The van der Waals surface area contributed by atoms with Crippen LogP contribution >= 0.6 is 11.8 Å². The quantitative estimate of drug-likeness (QED) is 0.346. The summed E-state index contributed by atoms with van der Waals surface area (Å²) in [6.45, 7) is 2.22. The largest absolute Gasteiger partial charge is 0.467 e. The Balaban J connectivity index is 2.60. The fourth-order valence-electron chi connectivity index (χ4n) is 2.99. The summed E-state index contributed by atoms with van der Waals surface area (Å²) in [5.74, 6) is 0.487. The minimum absolute atomic E-state index is 0.152. The van der Waals surface area contributed by atoms with Crippen molar-refractivity contribution < 1.29 is 19.4 Å². The first-order chi connectivity index (χ1) is 13.1. The highest BCUT2D eigenvalue weighted by atomic mass is 32.2. The van der Waals surface area contributed by atoms with E-state index in [1.165, 1.54) is 44.8 Å². The number of nitrogens with one attached hydrogen (secondary N) is 1. The molecule has 5 nitrogen and oxygen atoms in total. The van der Waals surface area contributed by atoms with Gasteiger partial charge in [0.05, 0.1) is 7.11 Å². The minimum Gasteiger partial charge on any atom is -0.467 e. The van der Waals surface area contributed by atoms with Crippen LogP contribution in [-0.2, 0) is 16.0 Å². The summed E-state index contributed by atoms with van der Waals surface area (Å²) >= 11 is 1.82. The first-order valence-electron chi connectivity index (χ1n) is 9.79. The molecule has 0 aliphatic heterocycles. The van der Waals surface area contributed by atoms with Crippen molar-refractivity contribution in [1.82, 2.24) is 5.32 Å². The predicted molar refractivity (Wildman–Crippen MR) is 111 cm³/mol. The van der Waals surface area contributed by atoms with Gasteiger partial charge in [-0.2, -0.15) is 11.8 Å². The number of benzene rings is 1. The summed E-state index contributed by atoms with van der Waals surface area (Å²) in [6.07, 6.45) is 7.50. The summed E-state index contributed by atoms with van der Waals surface area (Å²) in [5.41, 5.74) is 1.19. The third-order valence-electron chi connectivity index (χ3n) is 4.44. The molecule has 0 spiro atoms. The molecule has 2 atom stereocenters. The van der Waals surface area contributed by atoms with Gasteiger partial charge in [0, 0.05) is 5.25 Å². The highest BCUT2D eigenvalue weighted by Crippen LogP contribution is 2.23. The second-order valence-electron chi connectivity index (χ2n) is 6.71. The molecule has 2 N–H and O–H groups in total. The fourth-order valence-corrected chi connectivity index (χ4v) is 4.33. The minimum atomic E-state index is -1.20. The number of ether oxygens (including phenoxy) is 1. The molecule has 6 heteroatoms. The molecule has 0 bridgehead atoms. The van der Waals surface area contributed by atoms with E-state index in [0.717, 1.165) is 18.6 Å². The maximum absolute atomic E-state index is 12.0. The topological polar surface area (TPSA) is 75.6 Å². The predicted octanol–water partition coefficient (Wildman–Crippen LogP) is 4.89. The zero-order valence-electron chi connectivity index (χ0n) is 16.5. The van der Waals surface area contributed by atoms with Gasteiger partial charge in [-0.15, -0.1) is 0 Å². The third-order valence-corrected chi connectivity index (χ3v) is 5.79. The van der Waals surface area contributed by atoms with Gasteiger partial charge in [-0.25, -0.2) is 9.59 Å². The molecule has 1 amide bonds. The molecule has 152 valence electrons. The van der Waals surface area contributed by atoms with Gasteiger partial charge in [-0.3, -0.25) is 0 Å². The summed E-state index contributed by atoms with van der Waals surface area (Å²) in [6, 6.07) is 9.27. The van der Waals surface area contributed by atoms with E-state index in [4.69, 9.17) is 9.84 Å². The molecule has 0 radical (unpaired) electrons. The van der Waals surface area contributed by atoms with Crippen LogP contribution in [0.3, 0.4) is 0 Å². The lowest BCUT2D eigenvalue weighted by Gasteiger charge is -2.22. The van der Waals surface area contributed by atoms with Crippen molar-refractivity contribution in [2.45, 2.75) is 69.6 Å². The molecule has 1 aromatic rings. The first kappa shape index (κ1) is 23.3. The SMILES string of the molecule is CCCCCCCCS[C@H](Cc1ccccc1)CC(NC(=O)O)C(=O)OC. The molecule has 1 aromatic carbocycles. The Morgan fingerprint density at radius 3 is 2.41 bits per heavy atom. The number of carbonyl (C=O) groups is 2. The van der Waals surface area contributed by atoms with Gasteiger partial charge in [0.2, 0.25) is 0 Å². The Morgan fingerprint density at radius 2 is 1.78 bits per heavy atom. The molecule has 0 aliphatic carbocycles. The van der Waals surface area contributed by atoms with Crippen molar-refractivity contribution in [3.63, 3.8) is 0 Å². The number of rotatable bonds is 14. The Hall–Kier alpha value is -1.69. The average Bonchev–Trinajstić information content (AvgIpc) is 2.66. The lowest BCUT2D eigenvalue weighted by molar-refractivity contribution is -0.143. The standard InChI is InChI=1S/C21H33NO4S/c1-3-4-5-6-7-11-14-27-18(15-17-12-9-8-10-13-17)16-19(20(23)26-2)22-21(24)25/h8-10,12-13,18-19,22H,3-7,11,14-16H2,1-2H3,(H,24,25)/t18-,19?/m1/s1. The molecular weight excluding hydrogens is 362 g/mol. The van der Waals surface area contributed by atoms with Crippen LogP contribution in [0.15, 0.2) is 30.3 Å². The number of amides is 1. The maximum Gasteiger partial charge on any atom is 0.405 e. The average molecular weight is 396 g/mol. The van der Waals surface area contributed by atoms with E-state index >= 15 is 0 Å². The van der Waals surface area contributed by atoms with Crippen LogP contribution in [0.4, 0.5) is 4.79 Å². The molecule has 0 heterocycles. The lowest BCUT2D eigenvalue weighted by atomic mass is 10.0. The summed E-state index contributed by atoms with van der Waals surface area (Å²) < 4.78 is 4.77. The normalized spacial score (nSPS) is 13.0. The monoisotopic (exact) mass is 395 g/mol. The maximum atomic E-state index is 12.0. The molecule has 27 heavy (non-hydrogen) atoms. The highest BCUT2D eigenvalue weighted by Gasteiger charge is 2.25. The van der Waals surface area contributed by atoms with E-state index in [1.54, 1.807) is 0 Å². The first-order valence-corrected chi connectivity index (χ1v) is 10.8. The highest BCUT2D eigenvalue weighted by molar-refractivity contribution is 7.99. The summed E-state index contributed by atoms with van der Waals surface area (Å²) in [7, 11) is 1.29. The van der Waals surface area contributed by atoms with Gasteiger partial charge in [0.25, 0.3) is 0 Å². The van der Waals surface area contributed by atoms with Crippen LogP contribution in [0.2, 0.25) is 0 Å². The molecule has 0 saturated carbocycles. The van der Waals surface area contributed by atoms with E-state index in [9.17, 15) is 9.59 Å². The van der Waals surface area contributed by atoms with Crippen molar-refractivity contribution in [1.29, 1.82) is 0 Å². The Labute approximate surface area is 167 Å². The van der Waals surface area contributed by atoms with Crippen molar-refractivity contribution >= 4 is 23.8 Å². The molecule has 0 aliphatic rings. The molecule has 1 unspecified atom stereocenters. The van der Waals surface area contributed by atoms with Crippen LogP contribution in [0.25, 0.3) is 0 Å². The second-order valence-corrected chi connectivity index (χ2v) is 8.12. The van der Waals surface area contributed by atoms with Crippen LogP contribution in [0.1, 0.15) is 57.4 Å². The van der Waals surface area contributed by atoms with Gasteiger partial charge < -0.3 is 15.2 Å². The number of methoxy groups -OCH3 is 1. The van der Waals surface area contributed by atoms with Crippen LogP contribution in [0.5, 0.6) is 0 Å². The Morgan fingerprint density at radius 1 is 1.11 bits per heavy atom. The number of carboxylic acid groups (broad SMARTS) is 1. The molecule has 1 rings (SSSR count). The summed E-state index contributed by atoms with van der Waals surface area (Å²) in [4.78, 5) is 23.0. The number of unbranched alkanes of at least 4 members (excludes halogenated alkanes) is 5. The van der Waals surface area contributed by atoms with Crippen molar-refractivity contribution in [2.75, 3.05) is 12.9 Å². The van der Waals surface area contributed by atoms with Gasteiger partial charge >= 0.3 is 12.1 Å². The van der Waals surface area contributed by atoms with Gasteiger partial charge in [0.1, 0.15) is 6.04 Å². The van der Waals surface area contributed by atoms with Crippen LogP contribution in [-0.4, -0.2) is 41.3 Å². The number of esters is 1. The summed E-state index contributed by atoms with van der Waals surface area (Å²) in [5, 5.41) is 11.5. The zero-order chi connectivity index (χ0) is 19.9. The number of hydrogen-bond acceptors (Lipinski definition) is 4.